The van der Waals surface area contributed by atoms with Crippen LogP contribution in [0.1, 0.15) is 15.9 Å². The summed E-state index contributed by atoms with van der Waals surface area (Å²) in [5, 5.41) is 8.23. The highest BCUT2D eigenvalue weighted by Gasteiger charge is 2.16. The Balaban J connectivity index is 1.70. The van der Waals surface area contributed by atoms with E-state index in [1.54, 1.807) is 35.3 Å². The number of pyridine rings is 1. The molecule has 0 atom stereocenters. The Morgan fingerprint density at radius 2 is 2.00 bits per heavy atom. The molecule has 2 aromatic carbocycles. The van der Waals surface area contributed by atoms with Crippen LogP contribution >= 0.6 is 11.6 Å². The number of halogens is 2. The molecule has 0 radical (unpaired) electrons. The summed E-state index contributed by atoms with van der Waals surface area (Å²) in [7, 11) is 0. The van der Waals surface area contributed by atoms with Crippen LogP contribution < -0.4 is 5.32 Å². The molecule has 0 bridgehead atoms. The van der Waals surface area contributed by atoms with Gasteiger partial charge in [-0.2, -0.15) is 0 Å². The van der Waals surface area contributed by atoms with Crippen molar-refractivity contribution in [1.29, 1.82) is 0 Å². The normalized spacial score (nSPS) is 10.9. The zero-order chi connectivity index (χ0) is 19.0. The first-order valence-corrected chi connectivity index (χ1v) is 8.57. The molecule has 27 heavy (non-hydrogen) atoms. The quantitative estimate of drug-likeness (QED) is 0.556. The van der Waals surface area contributed by atoms with Crippen molar-refractivity contribution in [2.45, 2.75) is 6.92 Å². The van der Waals surface area contributed by atoms with Crippen LogP contribution in [0.3, 0.4) is 0 Å². The molecule has 0 saturated heterocycles. The second-order valence-corrected chi connectivity index (χ2v) is 6.45. The number of fused-ring (bicyclic) bond motifs is 1. The molecular formula is C20H14ClFN4O. The van der Waals surface area contributed by atoms with Gasteiger partial charge in [-0.05, 0) is 37.3 Å². The molecular weight excluding hydrogens is 367 g/mol. The maximum absolute atomic E-state index is 13.9. The summed E-state index contributed by atoms with van der Waals surface area (Å²) in [6.07, 6.45) is 3.33. The van der Waals surface area contributed by atoms with Crippen molar-refractivity contribution in [3.63, 3.8) is 0 Å². The Labute approximate surface area is 159 Å². The number of hydrogen-bond donors (Lipinski definition) is 1. The van der Waals surface area contributed by atoms with Gasteiger partial charge in [0.25, 0.3) is 5.91 Å². The molecule has 0 fully saturated rings. The molecule has 1 amide bonds. The Morgan fingerprint density at radius 3 is 2.81 bits per heavy atom. The molecule has 0 spiro atoms. The van der Waals surface area contributed by atoms with Crippen LogP contribution in [0.4, 0.5) is 10.2 Å². The van der Waals surface area contributed by atoms with Crippen molar-refractivity contribution in [3.8, 4) is 5.69 Å². The lowest BCUT2D eigenvalue weighted by Crippen LogP contribution is -2.14. The highest BCUT2D eigenvalue weighted by Crippen LogP contribution is 2.24. The van der Waals surface area contributed by atoms with Crippen molar-refractivity contribution < 1.29 is 9.18 Å². The van der Waals surface area contributed by atoms with Crippen LogP contribution in [0.5, 0.6) is 0 Å². The van der Waals surface area contributed by atoms with Crippen molar-refractivity contribution in [1.82, 2.24) is 14.8 Å². The summed E-state index contributed by atoms with van der Waals surface area (Å²) >= 11 is 6.21. The summed E-state index contributed by atoms with van der Waals surface area (Å²) in [4.78, 5) is 17.0. The molecule has 7 heteroatoms. The van der Waals surface area contributed by atoms with Gasteiger partial charge in [-0.3, -0.25) is 9.78 Å². The lowest BCUT2D eigenvalue weighted by Gasteiger charge is -2.07. The van der Waals surface area contributed by atoms with E-state index in [0.717, 1.165) is 5.56 Å². The molecule has 5 nitrogen and oxygen atoms in total. The van der Waals surface area contributed by atoms with Gasteiger partial charge in [0.05, 0.1) is 21.8 Å². The average molecular weight is 381 g/mol. The summed E-state index contributed by atoms with van der Waals surface area (Å²) < 4.78 is 15.5. The minimum absolute atomic E-state index is 0.150. The van der Waals surface area contributed by atoms with E-state index in [-0.39, 0.29) is 5.56 Å². The lowest BCUT2D eigenvalue weighted by molar-refractivity contribution is 0.102. The fourth-order valence-electron chi connectivity index (χ4n) is 2.85. The standard InChI is InChI=1S/C20H14ClFN4O/c1-12-11-26(17-7-3-2-6-16(17)21)25-19(12)24-20(27)15-10-14(22)9-13-5-4-8-23-18(13)15/h2-11H,1H3,(H,24,25,27). The first-order chi connectivity index (χ1) is 13.0. The molecule has 2 aromatic heterocycles. The summed E-state index contributed by atoms with van der Waals surface area (Å²) in [5.41, 5.74) is 2.02. The number of hydrogen-bond acceptors (Lipinski definition) is 3. The van der Waals surface area contributed by atoms with Crippen molar-refractivity contribution in [2.24, 2.45) is 0 Å². The topological polar surface area (TPSA) is 59.8 Å². The Hall–Kier alpha value is -3.25. The second-order valence-electron chi connectivity index (χ2n) is 6.04. The zero-order valence-electron chi connectivity index (χ0n) is 14.3. The van der Waals surface area contributed by atoms with Gasteiger partial charge in [0, 0.05) is 23.3 Å². The molecule has 0 unspecified atom stereocenters. The van der Waals surface area contributed by atoms with Gasteiger partial charge in [0.1, 0.15) is 5.82 Å². The van der Waals surface area contributed by atoms with Crippen LogP contribution in [0.15, 0.2) is 60.9 Å². The highest BCUT2D eigenvalue weighted by atomic mass is 35.5. The SMILES string of the molecule is Cc1cn(-c2ccccc2Cl)nc1NC(=O)c1cc(F)cc2cccnc12. The van der Waals surface area contributed by atoms with E-state index in [9.17, 15) is 9.18 Å². The molecule has 0 aliphatic carbocycles. The fourth-order valence-corrected chi connectivity index (χ4v) is 3.07. The smallest absolute Gasteiger partial charge is 0.259 e. The minimum Gasteiger partial charge on any atom is -0.305 e. The molecule has 4 rings (SSSR count). The maximum atomic E-state index is 13.9. The average Bonchev–Trinajstić information content (AvgIpc) is 3.01. The van der Waals surface area contributed by atoms with Crippen LogP contribution in [-0.2, 0) is 0 Å². The van der Waals surface area contributed by atoms with Gasteiger partial charge in [-0.1, -0.05) is 29.8 Å². The van der Waals surface area contributed by atoms with E-state index in [2.05, 4.69) is 15.4 Å². The van der Waals surface area contributed by atoms with Gasteiger partial charge < -0.3 is 5.32 Å². The molecule has 2 heterocycles. The number of amides is 1. The number of carbonyl (C=O) groups excluding carboxylic acids is 1. The third-order valence-electron chi connectivity index (χ3n) is 4.14. The molecule has 0 aliphatic rings. The van der Waals surface area contributed by atoms with Gasteiger partial charge in [0.2, 0.25) is 0 Å². The Bertz CT molecular complexity index is 1170. The van der Waals surface area contributed by atoms with Crippen LogP contribution in [0.25, 0.3) is 16.6 Å². The summed E-state index contributed by atoms with van der Waals surface area (Å²) in [5.74, 6) is -0.613. The zero-order valence-corrected chi connectivity index (χ0v) is 15.0. The third kappa shape index (κ3) is 3.27. The second kappa shape index (κ2) is 6.81. The van der Waals surface area contributed by atoms with Gasteiger partial charge >= 0.3 is 0 Å². The lowest BCUT2D eigenvalue weighted by atomic mass is 10.1. The van der Waals surface area contributed by atoms with E-state index < -0.39 is 11.7 Å². The number of aryl methyl sites for hydroxylation is 1. The number of benzene rings is 2. The van der Waals surface area contributed by atoms with Crippen LogP contribution in [0, 0.1) is 12.7 Å². The van der Waals surface area contributed by atoms with Gasteiger partial charge in [0.15, 0.2) is 5.82 Å². The number of para-hydroxylation sites is 1. The number of carbonyl (C=O) groups is 1. The van der Waals surface area contributed by atoms with Crippen molar-refractivity contribution >= 4 is 34.2 Å². The summed E-state index contributed by atoms with van der Waals surface area (Å²) in [6, 6.07) is 13.2. The monoisotopic (exact) mass is 380 g/mol. The van der Waals surface area contributed by atoms with Gasteiger partial charge in [-0.15, -0.1) is 5.10 Å². The van der Waals surface area contributed by atoms with E-state index in [4.69, 9.17) is 11.6 Å². The Kier molecular flexibility index (Phi) is 4.33. The molecule has 1 N–H and O–H groups in total. The fraction of sp³-hybridized carbons (Fsp3) is 0.0500. The van der Waals surface area contributed by atoms with E-state index in [1.807, 2.05) is 25.1 Å². The van der Waals surface area contributed by atoms with E-state index in [1.165, 1.54) is 12.1 Å². The number of rotatable bonds is 3. The number of nitrogens with one attached hydrogen (secondary N) is 1. The maximum Gasteiger partial charge on any atom is 0.259 e. The number of nitrogens with zero attached hydrogens (tertiary/aromatic N) is 3. The van der Waals surface area contributed by atoms with E-state index in [0.29, 0.717) is 27.4 Å². The predicted octanol–water partition coefficient (Wildman–Crippen LogP) is 4.77. The summed E-state index contributed by atoms with van der Waals surface area (Å²) in [6.45, 7) is 1.82. The predicted molar refractivity (Wildman–Crippen MR) is 103 cm³/mol. The van der Waals surface area contributed by atoms with Crippen molar-refractivity contribution in [3.05, 3.63) is 82.9 Å². The van der Waals surface area contributed by atoms with Crippen LogP contribution in [0.2, 0.25) is 5.02 Å². The molecule has 4 aromatic rings. The number of anilines is 1. The molecule has 0 aliphatic heterocycles. The first-order valence-electron chi connectivity index (χ1n) is 8.20. The van der Waals surface area contributed by atoms with E-state index >= 15 is 0 Å². The minimum atomic E-state index is -0.501. The largest absolute Gasteiger partial charge is 0.305 e. The highest BCUT2D eigenvalue weighted by molar-refractivity contribution is 6.32. The van der Waals surface area contributed by atoms with Crippen LogP contribution in [-0.4, -0.2) is 20.7 Å². The number of aromatic nitrogens is 3. The van der Waals surface area contributed by atoms with Crippen molar-refractivity contribution in [2.75, 3.05) is 5.32 Å². The molecule has 0 saturated carbocycles. The Morgan fingerprint density at radius 1 is 1.19 bits per heavy atom. The first kappa shape index (κ1) is 17.2. The third-order valence-corrected chi connectivity index (χ3v) is 4.46. The van der Waals surface area contributed by atoms with Gasteiger partial charge in [-0.25, -0.2) is 9.07 Å². The molecule has 134 valence electrons.